The van der Waals surface area contributed by atoms with Crippen molar-refractivity contribution in [3.05, 3.63) is 24.3 Å². The molecule has 1 aromatic carbocycles. The van der Waals surface area contributed by atoms with Crippen LogP contribution in [0.15, 0.2) is 29.2 Å². The minimum absolute atomic E-state index is 0.0190. The van der Waals surface area contributed by atoms with Crippen molar-refractivity contribution in [3.63, 3.8) is 0 Å². The van der Waals surface area contributed by atoms with E-state index in [1.807, 2.05) is 0 Å². The molecule has 1 aromatic rings. The fraction of sp³-hybridized carbons (Fsp3) is 0.714. The number of likely N-dealkylation sites (N-methyl/N-ethyl adjacent to an activating group) is 2. The van der Waals surface area contributed by atoms with Gasteiger partial charge in [-0.25, -0.2) is 8.42 Å². The maximum atomic E-state index is 13.3. The van der Waals surface area contributed by atoms with Gasteiger partial charge in [-0.1, -0.05) is 12.8 Å². The molecule has 0 radical (unpaired) electrons. The summed E-state index contributed by atoms with van der Waals surface area (Å²) in [5.74, 6) is 0.666. The summed E-state index contributed by atoms with van der Waals surface area (Å²) >= 11 is 0. The molecule has 2 fully saturated rings. The molecular weight excluding hydrogens is 374 g/mol. The molecule has 0 unspecified atom stereocenters. The summed E-state index contributed by atoms with van der Waals surface area (Å²) in [6.45, 7) is 2.23. The Morgan fingerprint density at radius 1 is 0.964 bits per heavy atom. The molecule has 0 spiro atoms. The summed E-state index contributed by atoms with van der Waals surface area (Å²) in [5.41, 5.74) is 0. The molecule has 0 bridgehead atoms. The van der Waals surface area contributed by atoms with Crippen LogP contribution < -0.4 is 4.74 Å². The fourth-order valence-electron chi connectivity index (χ4n) is 4.76. The topological polar surface area (TPSA) is 53.1 Å². The summed E-state index contributed by atoms with van der Waals surface area (Å²) < 4.78 is 33.3. The number of rotatable bonds is 6. The Kier molecular flexibility index (Phi) is 7.02. The predicted molar refractivity (Wildman–Crippen MR) is 112 cm³/mol. The molecule has 2 aliphatic rings. The lowest BCUT2D eigenvalue weighted by Gasteiger charge is -2.46. The third-order valence-corrected chi connectivity index (χ3v) is 8.58. The van der Waals surface area contributed by atoms with Crippen LogP contribution in [0.3, 0.4) is 0 Å². The first kappa shape index (κ1) is 21.6. The SMILES string of the molecule is COc1ccc(S(=O)(=O)N(C)[C@@H]2CCCC[C@@H]2N(C)C2CCN(C)CC2)cc1. The molecule has 1 saturated heterocycles. The van der Waals surface area contributed by atoms with Crippen LogP contribution in [0, 0.1) is 0 Å². The second-order valence-electron chi connectivity index (χ2n) is 8.32. The first-order valence-electron chi connectivity index (χ1n) is 10.4. The van der Waals surface area contributed by atoms with Crippen LogP contribution in [0.4, 0.5) is 0 Å². The summed E-state index contributed by atoms with van der Waals surface area (Å²) in [7, 11) is 4.19. The Bertz CT molecular complexity index is 730. The van der Waals surface area contributed by atoms with Crippen molar-refractivity contribution in [2.45, 2.75) is 61.5 Å². The van der Waals surface area contributed by atoms with Crippen molar-refractivity contribution in [1.29, 1.82) is 0 Å². The van der Waals surface area contributed by atoms with Crippen LogP contribution in [-0.4, -0.2) is 82.0 Å². The van der Waals surface area contributed by atoms with Gasteiger partial charge in [0.1, 0.15) is 5.75 Å². The molecule has 1 aliphatic carbocycles. The minimum atomic E-state index is -3.53. The van der Waals surface area contributed by atoms with E-state index in [2.05, 4.69) is 23.9 Å². The van der Waals surface area contributed by atoms with Gasteiger partial charge >= 0.3 is 0 Å². The fourth-order valence-corrected chi connectivity index (χ4v) is 6.17. The van der Waals surface area contributed by atoms with Crippen molar-refractivity contribution in [2.75, 3.05) is 41.3 Å². The van der Waals surface area contributed by atoms with Crippen molar-refractivity contribution < 1.29 is 13.2 Å². The van der Waals surface area contributed by atoms with Gasteiger partial charge in [0.05, 0.1) is 12.0 Å². The highest BCUT2D eigenvalue weighted by molar-refractivity contribution is 7.89. The molecule has 28 heavy (non-hydrogen) atoms. The maximum absolute atomic E-state index is 13.3. The third kappa shape index (κ3) is 4.53. The number of methoxy groups -OCH3 is 1. The number of nitrogens with zero attached hydrogens (tertiary/aromatic N) is 3. The standard InChI is InChI=1S/C21H35N3O3S/c1-22-15-13-17(14-16-22)23(2)20-7-5-6-8-21(20)24(3)28(25,26)19-11-9-18(27-4)10-12-19/h9-12,17,20-21H,5-8,13-16H2,1-4H3/t20-,21+/m0/s1. The molecule has 1 heterocycles. The van der Waals surface area contributed by atoms with Crippen molar-refractivity contribution in [3.8, 4) is 5.75 Å². The van der Waals surface area contributed by atoms with Crippen LogP contribution in [-0.2, 0) is 10.0 Å². The molecule has 7 heteroatoms. The molecule has 158 valence electrons. The van der Waals surface area contributed by atoms with Crippen molar-refractivity contribution in [2.24, 2.45) is 0 Å². The normalized spacial score (nSPS) is 25.4. The van der Waals surface area contributed by atoms with Crippen LogP contribution in [0.25, 0.3) is 0 Å². The Morgan fingerprint density at radius 3 is 2.11 bits per heavy atom. The number of piperidine rings is 1. The number of sulfonamides is 1. The largest absolute Gasteiger partial charge is 0.497 e. The predicted octanol–water partition coefficient (Wildman–Crippen LogP) is 2.65. The average molecular weight is 410 g/mol. The van der Waals surface area contributed by atoms with Crippen LogP contribution in [0.2, 0.25) is 0 Å². The van der Waals surface area contributed by atoms with Crippen molar-refractivity contribution >= 4 is 10.0 Å². The molecule has 0 aromatic heterocycles. The highest BCUT2D eigenvalue weighted by atomic mass is 32.2. The quantitative estimate of drug-likeness (QED) is 0.723. The molecule has 0 amide bonds. The van der Waals surface area contributed by atoms with E-state index < -0.39 is 10.0 Å². The average Bonchev–Trinajstić information content (AvgIpc) is 2.73. The molecule has 3 rings (SSSR count). The molecular formula is C21H35N3O3S. The van der Waals surface area contributed by atoms with Gasteiger partial charge in [-0.15, -0.1) is 0 Å². The third-order valence-electron chi connectivity index (χ3n) is 6.68. The zero-order valence-corrected chi connectivity index (χ0v) is 18.5. The van der Waals surface area contributed by atoms with E-state index in [1.165, 1.54) is 6.42 Å². The Balaban J connectivity index is 1.78. The van der Waals surface area contributed by atoms with E-state index in [4.69, 9.17) is 4.74 Å². The zero-order valence-electron chi connectivity index (χ0n) is 17.7. The van der Waals surface area contributed by atoms with Crippen LogP contribution >= 0.6 is 0 Å². The van der Waals surface area contributed by atoms with E-state index in [1.54, 1.807) is 42.7 Å². The molecule has 2 atom stereocenters. The number of benzene rings is 1. The lowest BCUT2D eigenvalue weighted by atomic mass is 9.87. The Hall–Kier alpha value is -1.15. The van der Waals surface area contributed by atoms with E-state index in [0.29, 0.717) is 16.7 Å². The molecule has 1 aliphatic heterocycles. The molecule has 1 saturated carbocycles. The minimum Gasteiger partial charge on any atom is -0.497 e. The van der Waals surface area contributed by atoms with Crippen LogP contribution in [0.1, 0.15) is 38.5 Å². The van der Waals surface area contributed by atoms with Gasteiger partial charge in [0.2, 0.25) is 10.0 Å². The van der Waals surface area contributed by atoms with Gasteiger partial charge in [-0.3, -0.25) is 4.90 Å². The van der Waals surface area contributed by atoms with Gasteiger partial charge in [-0.2, -0.15) is 4.31 Å². The first-order chi connectivity index (χ1) is 13.3. The zero-order chi connectivity index (χ0) is 20.3. The van der Waals surface area contributed by atoms with E-state index >= 15 is 0 Å². The smallest absolute Gasteiger partial charge is 0.243 e. The highest BCUT2D eigenvalue weighted by Gasteiger charge is 2.39. The van der Waals surface area contributed by atoms with E-state index in [9.17, 15) is 8.42 Å². The second kappa shape index (κ2) is 9.11. The second-order valence-corrected chi connectivity index (χ2v) is 10.3. The van der Waals surface area contributed by atoms with Gasteiger partial charge in [0.15, 0.2) is 0 Å². The maximum Gasteiger partial charge on any atom is 0.243 e. The van der Waals surface area contributed by atoms with Gasteiger partial charge in [-0.05, 0) is 77.1 Å². The molecule has 6 nitrogen and oxygen atoms in total. The molecule has 0 N–H and O–H groups in total. The van der Waals surface area contributed by atoms with Gasteiger partial charge < -0.3 is 9.64 Å². The Labute approximate surface area is 170 Å². The Morgan fingerprint density at radius 2 is 1.54 bits per heavy atom. The summed E-state index contributed by atoms with van der Waals surface area (Å²) in [5, 5.41) is 0. The number of hydrogen-bond acceptors (Lipinski definition) is 5. The number of likely N-dealkylation sites (tertiary alicyclic amines) is 1. The van der Waals surface area contributed by atoms with Gasteiger partial charge in [0, 0.05) is 25.2 Å². The highest BCUT2D eigenvalue weighted by Crippen LogP contribution is 2.32. The summed E-state index contributed by atoms with van der Waals surface area (Å²) in [4.78, 5) is 5.20. The monoisotopic (exact) mass is 409 g/mol. The number of hydrogen-bond donors (Lipinski definition) is 0. The summed E-state index contributed by atoms with van der Waals surface area (Å²) in [6.07, 6.45) is 6.57. The van der Waals surface area contributed by atoms with Crippen molar-refractivity contribution in [1.82, 2.24) is 14.1 Å². The number of ether oxygens (including phenoxy) is 1. The lowest BCUT2D eigenvalue weighted by Crippen LogP contribution is -2.56. The van der Waals surface area contributed by atoms with E-state index in [0.717, 1.165) is 45.2 Å². The van der Waals surface area contributed by atoms with Gasteiger partial charge in [0.25, 0.3) is 0 Å². The van der Waals surface area contributed by atoms with Crippen LogP contribution in [0.5, 0.6) is 5.75 Å². The lowest BCUT2D eigenvalue weighted by molar-refractivity contribution is 0.0534. The van der Waals surface area contributed by atoms with E-state index in [-0.39, 0.29) is 12.1 Å². The summed E-state index contributed by atoms with van der Waals surface area (Å²) in [6, 6.07) is 7.55. The first-order valence-corrected chi connectivity index (χ1v) is 11.8.